The number of alkyl halides is 3. The van der Waals surface area contributed by atoms with E-state index in [1.807, 2.05) is 0 Å². The van der Waals surface area contributed by atoms with Crippen LogP contribution in [-0.2, 0) is 11.0 Å². The van der Waals surface area contributed by atoms with E-state index in [1.165, 1.54) is 25.6 Å². The van der Waals surface area contributed by atoms with Gasteiger partial charge in [-0.1, -0.05) is 11.6 Å². The molecule has 2 N–H and O–H groups in total. The van der Waals surface area contributed by atoms with Crippen molar-refractivity contribution in [2.45, 2.75) is 6.18 Å². The van der Waals surface area contributed by atoms with Crippen LogP contribution < -0.4 is 20.1 Å². The first-order valence-electron chi connectivity index (χ1n) is 10.2. The molecule has 3 aromatic carbocycles. The first-order chi connectivity index (χ1) is 16.7. The van der Waals surface area contributed by atoms with E-state index in [2.05, 4.69) is 20.6 Å². The molecule has 0 atom stereocenters. The number of hydrogen-bond donors (Lipinski definition) is 2. The van der Waals surface area contributed by atoms with E-state index in [-0.39, 0.29) is 11.4 Å². The summed E-state index contributed by atoms with van der Waals surface area (Å²) in [6, 6.07) is 14.5. The van der Waals surface area contributed by atoms with Crippen molar-refractivity contribution in [1.29, 1.82) is 0 Å². The van der Waals surface area contributed by atoms with Crippen LogP contribution in [0.4, 0.5) is 30.4 Å². The second-order valence-corrected chi connectivity index (χ2v) is 7.72. The topological polar surface area (TPSA) is 85.4 Å². The van der Waals surface area contributed by atoms with Crippen molar-refractivity contribution in [3.63, 3.8) is 0 Å². The third-order valence-corrected chi connectivity index (χ3v) is 5.13. The molecule has 7 nitrogen and oxygen atoms in total. The Kier molecular flexibility index (Phi) is 6.92. The average Bonchev–Trinajstić information content (AvgIpc) is 2.83. The van der Waals surface area contributed by atoms with Crippen LogP contribution in [0.2, 0.25) is 5.02 Å². The minimum atomic E-state index is -4.46. The van der Waals surface area contributed by atoms with E-state index in [0.717, 1.165) is 17.8 Å². The number of fused-ring (bicyclic) bond motifs is 1. The van der Waals surface area contributed by atoms with Gasteiger partial charge in [-0.25, -0.2) is 9.97 Å². The molecule has 0 aliphatic heterocycles. The number of aromatic nitrogens is 2. The van der Waals surface area contributed by atoms with E-state index >= 15 is 0 Å². The van der Waals surface area contributed by atoms with Crippen LogP contribution in [0.3, 0.4) is 0 Å². The third kappa shape index (κ3) is 5.90. The van der Waals surface area contributed by atoms with Gasteiger partial charge in [-0.2, -0.15) is 13.2 Å². The minimum absolute atomic E-state index is 0.208. The molecule has 0 radical (unpaired) electrons. The van der Waals surface area contributed by atoms with Crippen molar-refractivity contribution < 1.29 is 27.4 Å². The highest BCUT2D eigenvalue weighted by molar-refractivity contribution is 6.30. The maximum atomic E-state index is 12.7. The van der Waals surface area contributed by atoms with Crippen LogP contribution in [0.1, 0.15) is 5.56 Å². The lowest BCUT2D eigenvalue weighted by atomic mass is 10.2. The Balaban J connectivity index is 1.50. The van der Waals surface area contributed by atoms with E-state index in [1.54, 1.807) is 36.4 Å². The van der Waals surface area contributed by atoms with E-state index < -0.39 is 24.3 Å². The molecular formula is C24H18ClF3N4O3. The van der Waals surface area contributed by atoms with Crippen molar-refractivity contribution in [3.8, 4) is 11.5 Å². The van der Waals surface area contributed by atoms with Gasteiger partial charge >= 0.3 is 6.18 Å². The molecule has 35 heavy (non-hydrogen) atoms. The molecule has 0 aliphatic rings. The van der Waals surface area contributed by atoms with Gasteiger partial charge in [0.15, 0.2) is 18.1 Å². The fraction of sp³-hybridized carbons (Fsp3) is 0.125. The lowest BCUT2D eigenvalue weighted by Gasteiger charge is -2.14. The highest BCUT2D eigenvalue weighted by Gasteiger charge is 2.30. The van der Waals surface area contributed by atoms with E-state index in [4.69, 9.17) is 21.1 Å². The van der Waals surface area contributed by atoms with Gasteiger partial charge in [0, 0.05) is 27.8 Å². The van der Waals surface area contributed by atoms with Gasteiger partial charge in [-0.05, 0) is 54.6 Å². The fourth-order valence-electron chi connectivity index (χ4n) is 3.19. The zero-order chi connectivity index (χ0) is 25.0. The molecule has 0 unspecified atom stereocenters. The Morgan fingerprint density at radius 1 is 0.971 bits per heavy atom. The number of halogens is 4. The molecule has 0 fully saturated rings. The summed E-state index contributed by atoms with van der Waals surface area (Å²) in [6.45, 7) is -0.406. The van der Waals surface area contributed by atoms with E-state index in [9.17, 15) is 18.0 Å². The number of benzene rings is 3. The number of amides is 1. The number of methoxy groups -OCH3 is 1. The molecular weight excluding hydrogens is 485 g/mol. The summed E-state index contributed by atoms with van der Waals surface area (Å²) < 4.78 is 49.1. The summed E-state index contributed by atoms with van der Waals surface area (Å²) in [4.78, 5) is 20.9. The zero-order valence-corrected chi connectivity index (χ0v) is 18.9. The van der Waals surface area contributed by atoms with E-state index in [0.29, 0.717) is 27.5 Å². The molecule has 4 aromatic rings. The number of nitrogens with one attached hydrogen (secondary N) is 2. The van der Waals surface area contributed by atoms with Crippen LogP contribution >= 0.6 is 11.6 Å². The second-order valence-electron chi connectivity index (χ2n) is 7.29. The predicted molar refractivity (Wildman–Crippen MR) is 126 cm³/mol. The highest BCUT2D eigenvalue weighted by Crippen LogP contribution is 2.35. The summed E-state index contributed by atoms with van der Waals surface area (Å²) in [5, 5.41) is 6.89. The van der Waals surface area contributed by atoms with Crippen molar-refractivity contribution in [3.05, 3.63) is 77.6 Å². The van der Waals surface area contributed by atoms with Gasteiger partial charge < -0.3 is 20.1 Å². The maximum absolute atomic E-state index is 12.7. The van der Waals surface area contributed by atoms with Gasteiger partial charge in [0.1, 0.15) is 12.1 Å². The minimum Gasteiger partial charge on any atom is -0.493 e. The Morgan fingerprint density at radius 3 is 2.31 bits per heavy atom. The van der Waals surface area contributed by atoms with Gasteiger partial charge in [0.2, 0.25) is 0 Å². The molecule has 1 aromatic heterocycles. The fourth-order valence-corrected chi connectivity index (χ4v) is 3.31. The number of ether oxygens (including phenoxy) is 2. The van der Waals surface area contributed by atoms with Crippen molar-refractivity contribution in [2.75, 3.05) is 24.4 Å². The Morgan fingerprint density at radius 2 is 1.66 bits per heavy atom. The second kappa shape index (κ2) is 10.1. The molecule has 11 heteroatoms. The lowest BCUT2D eigenvalue weighted by molar-refractivity contribution is -0.137. The van der Waals surface area contributed by atoms with Crippen LogP contribution in [0, 0.1) is 0 Å². The summed E-state index contributed by atoms with van der Waals surface area (Å²) >= 11 is 5.94. The number of anilines is 3. The van der Waals surface area contributed by atoms with Crippen LogP contribution in [-0.4, -0.2) is 29.6 Å². The molecule has 0 aliphatic carbocycles. The predicted octanol–water partition coefficient (Wildman–Crippen LogP) is 6.07. The SMILES string of the molecule is COc1cc2ncnc(Nc3ccc(Cl)cc3)c2cc1OCC(=O)Nc1ccc(C(F)(F)F)cc1. The van der Waals surface area contributed by atoms with Crippen LogP contribution in [0.5, 0.6) is 11.5 Å². The average molecular weight is 503 g/mol. The van der Waals surface area contributed by atoms with Crippen molar-refractivity contribution >= 4 is 45.6 Å². The van der Waals surface area contributed by atoms with Gasteiger partial charge in [-0.3, -0.25) is 4.79 Å². The van der Waals surface area contributed by atoms with Gasteiger partial charge in [0.25, 0.3) is 5.91 Å². The van der Waals surface area contributed by atoms with Crippen LogP contribution in [0.25, 0.3) is 10.9 Å². The first-order valence-corrected chi connectivity index (χ1v) is 10.6. The molecule has 0 saturated carbocycles. The van der Waals surface area contributed by atoms with Gasteiger partial charge in [-0.15, -0.1) is 0 Å². The van der Waals surface area contributed by atoms with Crippen molar-refractivity contribution in [2.24, 2.45) is 0 Å². The zero-order valence-electron chi connectivity index (χ0n) is 18.2. The first kappa shape index (κ1) is 24.1. The number of rotatable bonds is 7. The standard InChI is InChI=1S/C24H18ClF3N4O3/c1-34-20-11-19-18(23(30-13-29-19)32-17-8-4-15(25)5-9-17)10-21(20)35-12-22(33)31-16-6-2-14(3-7-16)24(26,27)28/h2-11,13H,12H2,1H3,(H,31,33)(H,29,30,32). The van der Waals surface area contributed by atoms with Gasteiger partial charge in [0.05, 0.1) is 18.2 Å². The summed E-state index contributed by atoms with van der Waals surface area (Å²) in [5.41, 5.74) is 0.733. The molecule has 0 spiro atoms. The third-order valence-electron chi connectivity index (χ3n) is 4.88. The monoisotopic (exact) mass is 502 g/mol. The summed E-state index contributed by atoms with van der Waals surface area (Å²) in [5.74, 6) is 0.544. The molecule has 0 saturated heterocycles. The Hall–Kier alpha value is -4.05. The molecule has 4 rings (SSSR count). The number of carbonyl (C=O) groups is 1. The Bertz CT molecular complexity index is 1350. The number of hydrogen-bond acceptors (Lipinski definition) is 6. The summed E-state index contributed by atoms with van der Waals surface area (Å²) in [7, 11) is 1.45. The largest absolute Gasteiger partial charge is 0.493 e. The molecule has 180 valence electrons. The molecule has 1 amide bonds. The maximum Gasteiger partial charge on any atom is 0.416 e. The number of nitrogens with zero attached hydrogens (tertiary/aromatic N) is 2. The Labute approximate surface area is 202 Å². The number of carbonyl (C=O) groups excluding carboxylic acids is 1. The summed E-state index contributed by atoms with van der Waals surface area (Å²) in [6.07, 6.45) is -3.05. The molecule has 1 heterocycles. The lowest BCUT2D eigenvalue weighted by Crippen LogP contribution is -2.20. The smallest absolute Gasteiger partial charge is 0.416 e. The highest BCUT2D eigenvalue weighted by atomic mass is 35.5. The quantitative estimate of drug-likeness (QED) is 0.319. The van der Waals surface area contributed by atoms with Crippen LogP contribution in [0.15, 0.2) is 67.0 Å². The molecule has 0 bridgehead atoms. The normalized spacial score (nSPS) is 11.2. The van der Waals surface area contributed by atoms with Crippen molar-refractivity contribution in [1.82, 2.24) is 9.97 Å².